The first kappa shape index (κ1) is 18.1. The second kappa shape index (κ2) is 7.65. The Morgan fingerprint density at radius 3 is 2.67 bits per heavy atom. The Morgan fingerprint density at radius 2 is 1.89 bits per heavy atom. The molecule has 0 spiro atoms. The zero-order valence-electron chi connectivity index (χ0n) is 14.4. The van der Waals surface area contributed by atoms with Crippen molar-refractivity contribution in [1.29, 1.82) is 0 Å². The molecule has 138 valence electrons. The third kappa shape index (κ3) is 4.09. The number of fused-ring (bicyclic) bond motifs is 1. The number of rotatable bonds is 6. The summed E-state index contributed by atoms with van der Waals surface area (Å²) in [5, 5.41) is 13.3. The predicted molar refractivity (Wildman–Crippen MR) is 97.2 cm³/mol. The van der Waals surface area contributed by atoms with Gasteiger partial charge in [0.05, 0.1) is 16.0 Å². The van der Waals surface area contributed by atoms with Gasteiger partial charge in [-0.05, 0) is 25.1 Å². The Kier molecular flexibility index (Phi) is 5.11. The molecule has 0 saturated heterocycles. The highest BCUT2D eigenvalue weighted by molar-refractivity contribution is 5.94. The number of nitrogens with one attached hydrogen (secondary N) is 1. The van der Waals surface area contributed by atoms with Crippen LogP contribution in [0.2, 0.25) is 0 Å². The summed E-state index contributed by atoms with van der Waals surface area (Å²) in [6, 6.07) is 13.1. The van der Waals surface area contributed by atoms with E-state index in [0.29, 0.717) is 5.82 Å². The highest BCUT2D eigenvalue weighted by Crippen LogP contribution is 2.23. The number of aromatic nitrogens is 2. The van der Waals surface area contributed by atoms with E-state index in [4.69, 9.17) is 4.74 Å². The molecule has 0 aliphatic heterocycles. The lowest BCUT2D eigenvalue weighted by Crippen LogP contribution is -2.23. The minimum Gasteiger partial charge on any atom is -0.454 e. The number of aryl methyl sites for hydroxylation is 1. The molecule has 0 fully saturated rings. The van der Waals surface area contributed by atoms with Gasteiger partial charge in [-0.1, -0.05) is 24.3 Å². The molecule has 0 aliphatic carbocycles. The van der Waals surface area contributed by atoms with Crippen LogP contribution in [0.15, 0.2) is 48.5 Å². The van der Waals surface area contributed by atoms with Crippen molar-refractivity contribution in [2.24, 2.45) is 0 Å². The van der Waals surface area contributed by atoms with Crippen LogP contribution in [0.25, 0.3) is 11.0 Å². The number of para-hydroxylation sites is 4. The van der Waals surface area contributed by atoms with E-state index < -0.39 is 23.4 Å². The van der Waals surface area contributed by atoms with Crippen molar-refractivity contribution in [1.82, 2.24) is 9.55 Å². The van der Waals surface area contributed by atoms with Crippen molar-refractivity contribution in [2.45, 2.75) is 13.5 Å². The van der Waals surface area contributed by atoms with Crippen LogP contribution in [0, 0.1) is 17.0 Å². The summed E-state index contributed by atoms with van der Waals surface area (Å²) in [7, 11) is 0. The number of nitro groups is 1. The third-order valence-corrected chi connectivity index (χ3v) is 3.87. The molecule has 1 aromatic heterocycles. The molecule has 1 amide bonds. The first-order valence-electron chi connectivity index (χ1n) is 8.06. The van der Waals surface area contributed by atoms with Crippen molar-refractivity contribution in [2.75, 3.05) is 11.9 Å². The van der Waals surface area contributed by atoms with Crippen LogP contribution in [0.3, 0.4) is 0 Å². The molecule has 2 aromatic carbocycles. The molecule has 0 saturated carbocycles. The number of hydrogen-bond acceptors (Lipinski definition) is 6. The second-order valence-corrected chi connectivity index (χ2v) is 5.72. The standard InChI is InChI=1S/C18H16N4O5/c1-12-19-13-6-2-4-8-15(13)21(12)10-18(24)27-11-17(23)20-14-7-3-5-9-16(14)22(25)26/h2-9H,10-11H2,1H3,(H,20,23). The molecule has 9 heteroatoms. The molecule has 1 N–H and O–H groups in total. The van der Waals surface area contributed by atoms with Crippen LogP contribution in [-0.4, -0.2) is 33.0 Å². The summed E-state index contributed by atoms with van der Waals surface area (Å²) in [4.78, 5) is 38.7. The zero-order valence-corrected chi connectivity index (χ0v) is 14.4. The molecule has 0 aliphatic rings. The molecule has 0 bridgehead atoms. The second-order valence-electron chi connectivity index (χ2n) is 5.72. The Morgan fingerprint density at radius 1 is 1.19 bits per heavy atom. The summed E-state index contributed by atoms with van der Waals surface area (Å²) in [6.07, 6.45) is 0. The summed E-state index contributed by atoms with van der Waals surface area (Å²) >= 11 is 0. The Balaban J connectivity index is 1.60. The maximum absolute atomic E-state index is 12.1. The van der Waals surface area contributed by atoms with Gasteiger partial charge in [-0.3, -0.25) is 19.7 Å². The number of carbonyl (C=O) groups excluding carboxylic acids is 2. The molecule has 9 nitrogen and oxygen atoms in total. The molecular formula is C18H16N4O5. The highest BCUT2D eigenvalue weighted by atomic mass is 16.6. The molecular weight excluding hydrogens is 352 g/mol. The zero-order chi connectivity index (χ0) is 19.4. The Bertz CT molecular complexity index is 1030. The summed E-state index contributed by atoms with van der Waals surface area (Å²) < 4.78 is 6.68. The maximum atomic E-state index is 12.1. The fourth-order valence-corrected chi connectivity index (χ4v) is 2.64. The molecule has 0 atom stereocenters. The minimum atomic E-state index is -0.662. The van der Waals surface area contributed by atoms with Gasteiger partial charge in [0.1, 0.15) is 18.1 Å². The average molecular weight is 368 g/mol. The van der Waals surface area contributed by atoms with E-state index in [0.717, 1.165) is 11.0 Å². The number of nitrogens with zero attached hydrogens (tertiary/aromatic N) is 3. The van der Waals surface area contributed by atoms with Gasteiger partial charge in [0.2, 0.25) is 0 Å². The fraction of sp³-hybridized carbons (Fsp3) is 0.167. The van der Waals surface area contributed by atoms with Crippen LogP contribution in [0.4, 0.5) is 11.4 Å². The van der Waals surface area contributed by atoms with Crippen LogP contribution in [0.1, 0.15) is 5.82 Å². The Labute approximate surface area is 153 Å². The molecule has 1 heterocycles. The fourth-order valence-electron chi connectivity index (χ4n) is 2.64. The SMILES string of the molecule is Cc1nc2ccccc2n1CC(=O)OCC(=O)Nc1ccccc1[N+](=O)[O-]. The third-order valence-electron chi connectivity index (χ3n) is 3.87. The average Bonchev–Trinajstić information content (AvgIpc) is 2.96. The number of carbonyl (C=O) groups is 2. The van der Waals surface area contributed by atoms with Crippen molar-refractivity contribution >= 4 is 34.3 Å². The largest absolute Gasteiger partial charge is 0.454 e. The summed E-state index contributed by atoms with van der Waals surface area (Å²) in [5.74, 6) is -0.624. The minimum absolute atomic E-state index is 0.0417. The van der Waals surface area contributed by atoms with Crippen molar-refractivity contribution in [3.63, 3.8) is 0 Å². The van der Waals surface area contributed by atoms with Gasteiger partial charge in [-0.15, -0.1) is 0 Å². The lowest BCUT2D eigenvalue weighted by atomic mass is 10.2. The number of amides is 1. The Hall–Kier alpha value is -3.75. The van der Waals surface area contributed by atoms with E-state index in [-0.39, 0.29) is 17.9 Å². The first-order chi connectivity index (χ1) is 13.0. The van der Waals surface area contributed by atoms with Gasteiger partial charge in [-0.2, -0.15) is 0 Å². The smallest absolute Gasteiger partial charge is 0.326 e. The maximum Gasteiger partial charge on any atom is 0.326 e. The number of anilines is 1. The molecule has 3 aromatic rings. The lowest BCUT2D eigenvalue weighted by molar-refractivity contribution is -0.383. The van der Waals surface area contributed by atoms with Gasteiger partial charge in [0, 0.05) is 6.07 Å². The monoisotopic (exact) mass is 368 g/mol. The van der Waals surface area contributed by atoms with Gasteiger partial charge in [0.15, 0.2) is 6.61 Å². The summed E-state index contributed by atoms with van der Waals surface area (Å²) in [6.45, 7) is 1.14. The molecule has 27 heavy (non-hydrogen) atoms. The van der Waals surface area contributed by atoms with Gasteiger partial charge in [0.25, 0.3) is 11.6 Å². The van der Waals surface area contributed by atoms with Gasteiger partial charge < -0.3 is 14.6 Å². The van der Waals surface area contributed by atoms with Crippen LogP contribution in [0.5, 0.6) is 0 Å². The highest BCUT2D eigenvalue weighted by Gasteiger charge is 2.17. The van der Waals surface area contributed by atoms with Crippen LogP contribution in [-0.2, 0) is 20.9 Å². The van der Waals surface area contributed by atoms with Gasteiger partial charge in [-0.25, -0.2) is 4.98 Å². The van der Waals surface area contributed by atoms with Gasteiger partial charge >= 0.3 is 5.97 Å². The lowest BCUT2D eigenvalue weighted by Gasteiger charge is -2.09. The van der Waals surface area contributed by atoms with Crippen molar-refractivity contribution in [3.8, 4) is 0 Å². The van der Waals surface area contributed by atoms with Crippen LogP contribution < -0.4 is 5.32 Å². The van der Waals surface area contributed by atoms with Crippen molar-refractivity contribution in [3.05, 3.63) is 64.5 Å². The first-order valence-corrected chi connectivity index (χ1v) is 8.06. The normalized spacial score (nSPS) is 10.6. The van der Waals surface area contributed by atoms with E-state index in [1.807, 2.05) is 24.3 Å². The van der Waals surface area contributed by atoms with E-state index in [1.54, 1.807) is 17.6 Å². The number of nitro benzene ring substituents is 1. The number of ether oxygens (including phenoxy) is 1. The van der Waals surface area contributed by atoms with Crippen molar-refractivity contribution < 1.29 is 19.2 Å². The van der Waals surface area contributed by atoms with E-state index in [2.05, 4.69) is 10.3 Å². The van der Waals surface area contributed by atoms with E-state index in [9.17, 15) is 19.7 Å². The number of hydrogen-bond donors (Lipinski definition) is 1. The number of esters is 1. The quantitative estimate of drug-likeness (QED) is 0.406. The van der Waals surface area contributed by atoms with Crippen LogP contribution >= 0.6 is 0 Å². The molecule has 0 radical (unpaired) electrons. The molecule has 3 rings (SSSR count). The van der Waals surface area contributed by atoms with E-state index >= 15 is 0 Å². The topological polar surface area (TPSA) is 116 Å². The number of benzene rings is 2. The molecule has 0 unspecified atom stereocenters. The summed E-state index contributed by atoms with van der Waals surface area (Å²) in [5.41, 5.74) is 1.35. The predicted octanol–water partition coefficient (Wildman–Crippen LogP) is 2.43. The van der Waals surface area contributed by atoms with E-state index in [1.165, 1.54) is 18.2 Å². The number of imidazole rings is 1.